The number of carbonyl (C=O) groups excluding carboxylic acids is 2. The Morgan fingerprint density at radius 2 is 1.97 bits per heavy atom. The monoisotopic (exact) mass is 420 g/mol. The Morgan fingerprint density at radius 1 is 1.23 bits per heavy atom. The van der Waals surface area contributed by atoms with E-state index in [1.165, 1.54) is 17.2 Å². The number of nitriles is 1. The summed E-state index contributed by atoms with van der Waals surface area (Å²) in [6, 6.07) is 9.47. The van der Waals surface area contributed by atoms with Crippen LogP contribution in [-0.4, -0.2) is 36.1 Å². The lowest BCUT2D eigenvalue weighted by Crippen LogP contribution is -2.25. The molecule has 3 rings (SSSR count). The second kappa shape index (κ2) is 9.76. The van der Waals surface area contributed by atoms with Gasteiger partial charge in [-0.25, -0.2) is 4.79 Å². The molecule has 2 aromatic rings. The van der Waals surface area contributed by atoms with E-state index in [9.17, 15) is 14.9 Å². The van der Waals surface area contributed by atoms with Crippen LogP contribution < -0.4 is 0 Å². The number of Topliss-reactive ketones (excluding diaryl/α,β-unsaturated/α-hetero) is 1. The number of ether oxygens (including phenoxy) is 2. The fraction of sp³-hybridized carbons (Fsp3) is 0.400. The molecule has 0 aliphatic heterocycles. The molecule has 0 N–H and O–H groups in total. The van der Waals surface area contributed by atoms with Crippen LogP contribution >= 0.6 is 0 Å². The molecular formula is C25H28N2O4. The summed E-state index contributed by atoms with van der Waals surface area (Å²) in [5.41, 5.74) is 5.55. The minimum absolute atomic E-state index is 0.138. The number of nitrogens with zero attached hydrogens (tertiary/aromatic N) is 2. The van der Waals surface area contributed by atoms with Crippen molar-refractivity contribution in [1.82, 2.24) is 4.57 Å². The van der Waals surface area contributed by atoms with E-state index in [2.05, 4.69) is 4.57 Å². The van der Waals surface area contributed by atoms with Gasteiger partial charge in [0, 0.05) is 30.6 Å². The summed E-state index contributed by atoms with van der Waals surface area (Å²) in [6.45, 7) is 6.67. The number of ketones is 1. The van der Waals surface area contributed by atoms with Crippen molar-refractivity contribution in [1.29, 1.82) is 5.26 Å². The van der Waals surface area contributed by atoms with E-state index in [1.807, 2.05) is 38.1 Å². The first kappa shape index (κ1) is 22.5. The van der Waals surface area contributed by atoms with Crippen molar-refractivity contribution in [3.63, 3.8) is 0 Å². The van der Waals surface area contributed by atoms with E-state index in [-0.39, 0.29) is 11.4 Å². The van der Waals surface area contributed by atoms with Crippen LogP contribution in [0.25, 0.3) is 6.08 Å². The first-order valence-electron chi connectivity index (χ1n) is 10.5. The van der Waals surface area contributed by atoms with E-state index >= 15 is 0 Å². The van der Waals surface area contributed by atoms with E-state index in [0.717, 1.165) is 36.2 Å². The van der Waals surface area contributed by atoms with Gasteiger partial charge in [0.1, 0.15) is 11.6 Å². The minimum atomic E-state index is -0.974. The molecule has 162 valence electrons. The summed E-state index contributed by atoms with van der Waals surface area (Å²) >= 11 is 0. The Hall–Kier alpha value is -3.17. The smallest absolute Gasteiger partial charge is 0.349 e. The van der Waals surface area contributed by atoms with Gasteiger partial charge in [-0.05, 0) is 74.9 Å². The van der Waals surface area contributed by atoms with Crippen LogP contribution in [0.5, 0.6) is 0 Å². The number of aryl methyl sites for hydroxylation is 3. The number of carbonyl (C=O) groups is 2. The summed E-state index contributed by atoms with van der Waals surface area (Å²) in [5.74, 6) is -1.07. The topological polar surface area (TPSA) is 81.3 Å². The van der Waals surface area contributed by atoms with Crippen LogP contribution in [-0.2, 0) is 33.7 Å². The van der Waals surface area contributed by atoms with Crippen molar-refractivity contribution in [2.24, 2.45) is 0 Å². The number of rotatable bonds is 8. The van der Waals surface area contributed by atoms with Crippen molar-refractivity contribution >= 4 is 17.8 Å². The quantitative estimate of drug-likeness (QED) is 0.279. The fourth-order valence-electron chi connectivity index (χ4n) is 4.03. The maximum absolute atomic E-state index is 12.8. The van der Waals surface area contributed by atoms with Gasteiger partial charge in [0.15, 0.2) is 6.10 Å². The predicted octanol–water partition coefficient (Wildman–Crippen LogP) is 3.96. The Morgan fingerprint density at radius 3 is 2.68 bits per heavy atom. The van der Waals surface area contributed by atoms with Gasteiger partial charge < -0.3 is 14.0 Å². The van der Waals surface area contributed by atoms with Gasteiger partial charge in [-0.3, -0.25) is 4.79 Å². The number of fused-ring (bicyclic) bond motifs is 1. The first-order valence-corrected chi connectivity index (χ1v) is 10.5. The standard InChI is InChI=1S/C25H28N2O4/c1-16-12-22(17(2)27(16)10-11-30-4)14-23(15-26)25(29)31-18(3)24(28)21-9-8-19-6-5-7-20(19)13-21/h8-9,12-14,18H,5-7,10-11H2,1-4H3/b23-14+. The maximum atomic E-state index is 12.8. The van der Waals surface area contributed by atoms with Gasteiger partial charge in [-0.15, -0.1) is 0 Å². The van der Waals surface area contributed by atoms with Crippen molar-refractivity contribution in [2.45, 2.75) is 52.7 Å². The van der Waals surface area contributed by atoms with Crippen LogP contribution in [0.2, 0.25) is 0 Å². The summed E-state index contributed by atoms with van der Waals surface area (Å²) in [6.07, 6.45) is 3.64. The van der Waals surface area contributed by atoms with Crippen molar-refractivity contribution < 1.29 is 19.1 Å². The highest BCUT2D eigenvalue weighted by atomic mass is 16.5. The van der Waals surface area contributed by atoms with Crippen LogP contribution in [0.3, 0.4) is 0 Å². The average Bonchev–Trinajstić information content (AvgIpc) is 3.33. The molecule has 1 aliphatic carbocycles. The van der Waals surface area contributed by atoms with Crippen molar-refractivity contribution in [3.8, 4) is 6.07 Å². The molecule has 1 heterocycles. The Bertz CT molecular complexity index is 1070. The molecule has 6 nitrogen and oxygen atoms in total. The normalized spacial score (nSPS) is 14.1. The molecule has 0 spiro atoms. The zero-order valence-corrected chi connectivity index (χ0v) is 18.5. The van der Waals surface area contributed by atoms with Gasteiger partial charge in [0.2, 0.25) is 5.78 Å². The third kappa shape index (κ3) is 4.95. The summed E-state index contributed by atoms with van der Waals surface area (Å²) in [5, 5.41) is 9.51. The highest BCUT2D eigenvalue weighted by Crippen LogP contribution is 2.24. The number of hydrogen-bond acceptors (Lipinski definition) is 5. The lowest BCUT2D eigenvalue weighted by atomic mass is 10.0. The Labute approximate surface area is 183 Å². The highest BCUT2D eigenvalue weighted by molar-refractivity contribution is 6.03. The van der Waals surface area contributed by atoms with Gasteiger partial charge in [-0.1, -0.05) is 12.1 Å². The van der Waals surface area contributed by atoms with Crippen LogP contribution in [0.15, 0.2) is 29.8 Å². The molecular weight excluding hydrogens is 392 g/mol. The number of methoxy groups -OCH3 is 1. The Kier molecular flexibility index (Phi) is 7.09. The van der Waals surface area contributed by atoms with E-state index in [4.69, 9.17) is 9.47 Å². The minimum Gasteiger partial charge on any atom is -0.450 e. The lowest BCUT2D eigenvalue weighted by Gasteiger charge is -2.13. The second-order valence-corrected chi connectivity index (χ2v) is 7.89. The third-order valence-corrected chi connectivity index (χ3v) is 5.81. The molecule has 6 heteroatoms. The predicted molar refractivity (Wildman–Crippen MR) is 118 cm³/mol. The molecule has 0 amide bonds. The number of aromatic nitrogens is 1. The van der Waals surface area contributed by atoms with Crippen molar-refractivity contribution in [2.75, 3.05) is 13.7 Å². The summed E-state index contributed by atoms with van der Waals surface area (Å²) < 4.78 is 12.6. The number of esters is 1. The molecule has 1 unspecified atom stereocenters. The second-order valence-electron chi connectivity index (χ2n) is 7.89. The number of hydrogen-bond donors (Lipinski definition) is 0. The van der Waals surface area contributed by atoms with Gasteiger partial charge in [-0.2, -0.15) is 5.26 Å². The molecule has 31 heavy (non-hydrogen) atoms. The van der Waals surface area contributed by atoms with E-state index < -0.39 is 12.1 Å². The molecule has 0 radical (unpaired) electrons. The SMILES string of the molecule is COCCn1c(C)cc(/C=C(\C#N)C(=O)OC(C)C(=O)c2ccc3c(c2)CCC3)c1C. The highest BCUT2D eigenvalue weighted by Gasteiger charge is 2.23. The lowest BCUT2D eigenvalue weighted by molar-refractivity contribution is -0.141. The van der Waals surface area contributed by atoms with Crippen LogP contribution in [0.1, 0.15) is 51.8 Å². The van der Waals surface area contributed by atoms with E-state index in [1.54, 1.807) is 20.1 Å². The van der Waals surface area contributed by atoms with Gasteiger partial charge in [0.05, 0.1) is 6.61 Å². The number of benzene rings is 1. The molecule has 1 aromatic carbocycles. The Balaban J connectivity index is 1.73. The molecule has 1 aliphatic rings. The molecule has 1 atom stereocenters. The third-order valence-electron chi connectivity index (χ3n) is 5.81. The molecule has 0 saturated carbocycles. The summed E-state index contributed by atoms with van der Waals surface area (Å²) in [7, 11) is 1.64. The fourth-order valence-corrected chi connectivity index (χ4v) is 4.03. The molecule has 0 saturated heterocycles. The largest absolute Gasteiger partial charge is 0.450 e. The molecule has 0 bridgehead atoms. The van der Waals surface area contributed by atoms with Crippen LogP contribution in [0, 0.1) is 25.2 Å². The molecule has 0 fully saturated rings. The van der Waals surface area contributed by atoms with Gasteiger partial charge >= 0.3 is 5.97 Å². The average molecular weight is 421 g/mol. The maximum Gasteiger partial charge on any atom is 0.349 e. The zero-order valence-electron chi connectivity index (χ0n) is 18.5. The van der Waals surface area contributed by atoms with Crippen LogP contribution in [0.4, 0.5) is 0 Å². The summed E-state index contributed by atoms with van der Waals surface area (Å²) in [4.78, 5) is 25.4. The zero-order chi connectivity index (χ0) is 22.5. The van der Waals surface area contributed by atoms with Gasteiger partial charge in [0.25, 0.3) is 0 Å². The first-order chi connectivity index (χ1) is 14.8. The molecule has 1 aromatic heterocycles. The van der Waals surface area contributed by atoms with E-state index in [0.29, 0.717) is 18.7 Å². The van der Waals surface area contributed by atoms with Crippen molar-refractivity contribution in [3.05, 3.63) is 63.5 Å².